The van der Waals surface area contributed by atoms with Crippen molar-refractivity contribution in [3.8, 4) is 0 Å². The Morgan fingerprint density at radius 2 is 2.07 bits per heavy atom. The Bertz CT molecular complexity index is 231. The van der Waals surface area contributed by atoms with Gasteiger partial charge in [-0.2, -0.15) is 0 Å². The Morgan fingerprint density at radius 3 is 2.60 bits per heavy atom. The van der Waals surface area contributed by atoms with Crippen LogP contribution in [0.4, 0.5) is 0 Å². The summed E-state index contributed by atoms with van der Waals surface area (Å²) in [6.45, 7) is 5.77. The second-order valence-corrected chi connectivity index (χ2v) is 3.92. The maximum atomic E-state index is 10.5. The highest BCUT2D eigenvalue weighted by Crippen LogP contribution is 2.10. The number of allylic oxidation sites excluding steroid dienone is 1. The van der Waals surface area contributed by atoms with E-state index in [-0.39, 0.29) is 5.97 Å². The van der Waals surface area contributed by atoms with Gasteiger partial charge in [0.15, 0.2) is 0 Å². The fraction of sp³-hybridized carbons (Fsp3) is 0.667. The van der Waals surface area contributed by atoms with Gasteiger partial charge in [0.2, 0.25) is 0 Å². The Morgan fingerprint density at radius 1 is 1.40 bits per heavy atom. The molecule has 1 atom stereocenters. The molecule has 0 amide bonds. The van der Waals surface area contributed by atoms with Crippen molar-refractivity contribution in [1.29, 1.82) is 0 Å². The molecule has 0 fully saturated rings. The SMILES string of the molecule is CC(=O)OC/C(C)=C/CC[C@@H](C)CC=O. The standard InChI is InChI=1S/C12H20O3/c1-10(7-8-13)5-4-6-11(2)9-15-12(3)14/h6,8,10H,4-5,7,9H2,1-3H3/b11-6+/t10-/m1/s1. The third kappa shape index (κ3) is 9.19. The molecule has 15 heavy (non-hydrogen) atoms. The first-order chi connectivity index (χ1) is 7.06. The lowest BCUT2D eigenvalue weighted by atomic mass is 10.0. The minimum Gasteiger partial charge on any atom is -0.461 e. The molecular formula is C12H20O3. The number of ether oxygens (including phenoxy) is 1. The monoisotopic (exact) mass is 212 g/mol. The maximum absolute atomic E-state index is 10.5. The minimum atomic E-state index is -0.253. The van der Waals surface area contributed by atoms with Crippen LogP contribution in [0, 0.1) is 5.92 Å². The maximum Gasteiger partial charge on any atom is 0.302 e. The summed E-state index contributed by atoms with van der Waals surface area (Å²) in [6.07, 6.45) is 5.57. The van der Waals surface area contributed by atoms with Gasteiger partial charge in [-0.15, -0.1) is 0 Å². The largest absolute Gasteiger partial charge is 0.461 e. The molecular weight excluding hydrogens is 192 g/mol. The third-order valence-corrected chi connectivity index (χ3v) is 2.15. The lowest BCUT2D eigenvalue weighted by Crippen LogP contribution is -2.01. The van der Waals surface area contributed by atoms with E-state index in [2.05, 4.69) is 13.0 Å². The van der Waals surface area contributed by atoms with Gasteiger partial charge in [-0.05, 0) is 31.3 Å². The van der Waals surface area contributed by atoms with Gasteiger partial charge in [-0.25, -0.2) is 0 Å². The van der Waals surface area contributed by atoms with Crippen molar-refractivity contribution < 1.29 is 14.3 Å². The second-order valence-electron chi connectivity index (χ2n) is 3.92. The molecule has 0 aliphatic heterocycles. The summed E-state index contributed by atoms with van der Waals surface area (Å²) >= 11 is 0. The van der Waals surface area contributed by atoms with Crippen molar-refractivity contribution in [1.82, 2.24) is 0 Å². The lowest BCUT2D eigenvalue weighted by molar-refractivity contribution is -0.140. The van der Waals surface area contributed by atoms with Gasteiger partial charge in [-0.1, -0.05) is 13.0 Å². The summed E-state index contributed by atoms with van der Waals surface area (Å²) in [4.78, 5) is 20.7. The average Bonchev–Trinajstić information content (AvgIpc) is 2.15. The van der Waals surface area contributed by atoms with E-state index in [9.17, 15) is 9.59 Å². The molecule has 0 saturated heterocycles. The van der Waals surface area contributed by atoms with Crippen LogP contribution in [0.15, 0.2) is 11.6 Å². The van der Waals surface area contributed by atoms with Crippen LogP contribution < -0.4 is 0 Å². The van der Waals surface area contributed by atoms with Crippen molar-refractivity contribution in [3.05, 3.63) is 11.6 Å². The molecule has 0 unspecified atom stereocenters. The van der Waals surface area contributed by atoms with Crippen LogP contribution in [0.3, 0.4) is 0 Å². The van der Waals surface area contributed by atoms with Gasteiger partial charge in [-0.3, -0.25) is 4.79 Å². The quantitative estimate of drug-likeness (QED) is 0.370. The summed E-state index contributed by atoms with van der Waals surface area (Å²) in [5, 5.41) is 0. The minimum absolute atomic E-state index is 0.253. The van der Waals surface area contributed by atoms with Crippen LogP contribution in [-0.4, -0.2) is 18.9 Å². The fourth-order valence-electron chi connectivity index (χ4n) is 1.17. The van der Waals surface area contributed by atoms with Crippen LogP contribution in [0.1, 0.15) is 40.0 Å². The number of carbonyl (C=O) groups excluding carboxylic acids is 2. The first kappa shape index (κ1) is 13.9. The average molecular weight is 212 g/mol. The molecule has 0 spiro atoms. The molecule has 0 radical (unpaired) electrons. The molecule has 0 N–H and O–H groups in total. The smallest absolute Gasteiger partial charge is 0.302 e. The van der Waals surface area contributed by atoms with Crippen molar-refractivity contribution in [2.75, 3.05) is 6.61 Å². The zero-order valence-corrected chi connectivity index (χ0v) is 9.79. The van der Waals surface area contributed by atoms with Crippen molar-refractivity contribution >= 4 is 12.3 Å². The summed E-state index contributed by atoms with van der Waals surface area (Å²) < 4.78 is 4.85. The summed E-state index contributed by atoms with van der Waals surface area (Å²) in [5.74, 6) is 0.178. The van der Waals surface area contributed by atoms with Crippen LogP contribution >= 0.6 is 0 Å². The number of carbonyl (C=O) groups is 2. The number of esters is 1. The van der Waals surface area contributed by atoms with E-state index in [0.29, 0.717) is 18.9 Å². The number of aldehydes is 1. The normalized spacial score (nSPS) is 13.4. The third-order valence-electron chi connectivity index (χ3n) is 2.15. The van der Waals surface area contributed by atoms with Crippen LogP contribution in [-0.2, 0) is 14.3 Å². The Kier molecular flexibility index (Phi) is 7.60. The first-order valence-corrected chi connectivity index (χ1v) is 5.29. The van der Waals surface area contributed by atoms with Gasteiger partial charge in [0.25, 0.3) is 0 Å². The molecule has 0 bridgehead atoms. The molecule has 0 aromatic heterocycles. The van der Waals surface area contributed by atoms with Crippen molar-refractivity contribution in [2.45, 2.75) is 40.0 Å². The summed E-state index contributed by atoms with van der Waals surface area (Å²) in [6, 6.07) is 0. The topological polar surface area (TPSA) is 43.4 Å². The lowest BCUT2D eigenvalue weighted by Gasteiger charge is -2.05. The van der Waals surface area contributed by atoms with Gasteiger partial charge in [0.05, 0.1) is 0 Å². The van der Waals surface area contributed by atoms with Gasteiger partial charge < -0.3 is 9.53 Å². The van der Waals surface area contributed by atoms with Gasteiger partial charge in [0, 0.05) is 13.3 Å². The highest BCUT2D eigenvalue weighted by molar-refractivity contribution is 5.66. The highest BCUT2D eigenvalue weighted by atomic mass is 16.5. The van der Waals surface area contributed by atoms with E-state index >= 15 is 0 Å². The van der Waals surface area contributed by atoms with E-state index in [1.165, 1.54) is 6.92 Å². The molecule has 0 rings (SSSR count). The van der Waals surface area contributed by atoms with Crippen molar-refractivity contribution in [2.24, 2.45) is 5.92 Å². The zero-order chi connectivity index (χ0) is 11.7. The molecule has 0 heterocycles. The van der Waals surface area contributed by atoms with Crippen LogP contribution in [0.25, 0.3) is 0 Å². The summed E-state index contributed by atoms with van der Waals surface area (Å²) in [5.41, 5.74) is 1.06. The van der Waals surface area contributed by atoms with E-state index in [0.717, 1.165) is 24.7 Å². The van der Waals surface area contributed by atoms with E-state index < -0.39 is 0 Å². The molecule has 0 saturated carbocycles. The fourth-order valence-corrected chi connectivity index (χ4v) is 1.17. The van der Waals surface area contributed by atoms with E-state index in [1.54, 1.807) is 0 Å². The summed E-state index contributed by atoms with van der Waals surface area (Å²) in [7, 11) is 0. The van der Waals surface area contributed by atoms with Crippen molar-refractivity contribution in [3.63, 3.8) is 0 Å². The molecule has 0 aromatic rings. The molecule has 86 valence electrons. The van der Waals surface area contributed by atoms with Crippen LogP contribution in [0.5, 0.6) is 0 Å². The molecule has 3 nitrogen and oxygen atoms in total. The predicted octanol–water partition coefficient (Wildman–Crippen LogP) is 2.50. The predicted molar refractivity (Wildman–Crippen MR) is 59.5 cm³/mol. The highest BCUT2D eigenvalue weighted by Gasteiger charge is 1.99. The molecule has 0 aliphatic carbocycles. The number of hydrogen-bond donors (Lipinski definition) is 0. The van der Waals surface area contributed by atoms with Gasteiger partial charge in [0.1, 0.15) is 12.9 Å². The first-order valence-electron chi connectivity index (χ1n) is 5.29. The number of hydrogen-bond acceptors (Lipinski definition) is 3. The molecule has 3 heteroatoms. The van der Waals surface area contributed by atoms with Crippen LogP contribution in [0.2, 0.25) is 0 Å². The molecule has 0 aliphatic rings. The van der Waals surface area contributed by atoms with E-state index in [4.69, 9.17) is 4.74 Å². The number of rotatable bonds is 7. The second kappa shape index (κ2) is 8.21. The Balaban J connectivity index is 3.65. The Labute approximate surface area is 91.5 Å². The molecule has 0 aromatic carbocycles. The van der Waals surface area contributed by atoms with Gasteiger partial charge >= 0.3 is 5.97 Å². The zero-order valence-electron chi connectivity index (χ0n) is 9.79. The van der Waals surface area contributed by atoms with E-state index in [1.807, 2.05) is 6.92 Å². The Hall–Kier alpha value is -1.12.